The van der Waals surface area contributed by atoms with Crippen LogP contribution in [0.25, 0.3) is 0 Å². The lowest BCUT2D eigenvalue weighted by atomic mass is 9.60. The highest BCUT2D eigenvalue weighted by Gasteiger charge is 2.50. The normalized spacial score (nSPS) is 37.9. The van der Waals surface area contributed by atoms with E-state index in [2.05, 4.69) is 39.5 Å². The zero-order valence-electron chi connectivity index (χ0n) is 22.7. The van der Waals surface area contributed by atoms with E-state index in [9.17, 15) is 15.3 Å². The smallest absolute Gasteiger partial charge is 0.0918 e. The van der Waals surface area contributed by atoms with E-state index in [0.717, 1.165) is 42.7 Å². The number of fused-ring (bicyclic) bond motifs is 1. The number of aliphatic hydroxyl groups excluding tert-OH is 1. The van der Waals surface area contributed by atoms with Crippen LogP contribution in [0.2, 0.25) is 0 Å². The summed E-state index contributed by atoms with van der Waals surface area (Å²) in [5, 5.41) is 31.8. The van der Waals surface area contributed by atoms with Crippen LogP contribution in [0.3, 0.4) is 0 Å². The topological polar surface area (TPSA) is 60.7 Å². The van der Waals surface area contributed by atoms with Crippen LogP contribution in [0.5, 0.6) is 0 Å². The van der Waals surface area contributed by atoms with Crippen LogP contribution in [0, 0.1) is 23.2 Å². The first-order chi connectivity index (χ1) is 15.9. The second kappa shape index (κ2) is 11.0. The van der Waals surface area contributed by atoms with Crippen molar-refractivity contribution in [3.63, 3.8) is 0 Å². The summed E-state index contributed by atoms with van der Waals surface area (Å²) < 4.78 is 0. The molecule has 0 aliphatic heterocycles. The Morgan fingerprint density at radius 3 is 2.62 bits per heavy atom. The second-order valence-corrected chi connectivity index (χ2v) is 12.9. The van der Waals surface area contributed by atoms with Crippen molar-refractivity contribution in [3.05, 3.63) is 35.5 Å². The van der Waals surface area contributed by atoms with Crippen LogP contribution in [0.1, 0.15) is 118 Å². The Labute approximate surface area is 209 Å². The summed E-state index contributed by atoms with van der Waals surface area (Å²) in [6.45, 7) is 15.2. The fourth-order valence-corrected chi connectivity index (χ4v) is 7.63. The molecule has 3 aliphatic carbocycles. The van der Waals surface area contributed by atoms with Gasteiger partial charge in [-0.3, -0.25) is 0 Å². The van der Waals surface area contributed by atoms with Gasteiger partial charge in [0.05, 0.1) is 17.3 Å². The van der Waals surface area contributed by atoms with Crippen molar-refractivity contribution in [2.45, 2.75) is 135 Å². The minimum Gasteiger partial charge on any atom is -0.393 e. The first kappa shape index (κ1) is 27.7. The van der Waals surface area contributed by atoms with Gasteiger partial charge in [-0.25, -0.2) is 0 Å². The molecule has 0 aromatic heterocycles. The lowest BCUT2D eigenvalue weighted by Crippen LogP contribution is -2.40. The molecule has 0 aromatic carbocycles. The third-order valence-corrected chi connectivity index (χ3v) is 9.59. The second-order valence-electron chi connectivity index (χ2n) is 12.9. The largest absolute Gasteiger partial charge is 0.393 e. The van der Waals surface area contributed by atoms with E-state index in [1.54, 1.807) is 5.57 Å². The van der Waals surface area contributed by atoms with Gasteiger partial charge in [0, 0.05) is 6.42 Å². The summed E-state index contributed by atoms with van der Waals surface area (Å²) >= 11 is 0. The number of rotatable bonds is 9. The predicted molar refractivity (Wildman–Crippen MR) is 143 cm³/mol. The highest BCUT2D eigenvalue weighted by molar-refractivity contribution is 5.42. The maximum Gasteiger partial charge on any atom is 0.0918 e. The molecule has 3 heteroatoms. The lowest BCUT2D eigenvalue weighted by Gasteiger charge is -2.44. The molecule has 0 heterocycles. The Hall–Kier alpha value is -0.900. The molecule has 0 aromatic rings. The van der Waals surface area contributed by atoms with E-state index in [4.69, 9.17) is 0 Å². The van der Waals surface area contributed by atoms with Crippen molar-refractivity contribution in [1.82, 2.24) is 0 Å². The predicted octanol–water partition coefficient (Wildman–Crippen LogP) is 7.27. The SMILES string of the molecule is C=C1/C(=C\C=C2/CCC[C@]3(C)[C@@H]([C@H](C)CCCC(C)(C)O)CC[C@@H]23)C[C@@H](O)C[C@]1(O)CCCC. The highest BCUT2D eigenvalue weighted by Crippen LogP contribution is 2.60. The van der Waals surface area contributed by atoms with Crippen LogP contribution in [0.4, 0.5) is 0 Å². The fraction of sp³-hybridized carbons (Fsp3) is 0.806. The van der Waals surface area contributed by atoms with E-state index in [0.29, 0.717) is 36.5 Å². The van der Waals surface area contributed by atoms with Crippen molar-refractivity contribution in [2.75, 3.05) is 0 Å². The Kier molecular flexibility index (Phi) is 8.97. The first-order valence-corrected chi connectivity index (χ1v) is 14.1. The summed E-state index contributed by atoms with van der Waals surface area (Å²) in [7, 11) is 0. The lowest BCUT2D eigenvalue weighted by molar-refractivity contribution is -0.000479. The van der Waals surface area contributed by atoms with Crippen LogP contribution in [-0.4, -0.2) is 32.6 Å². The van der Waals surface area contributed by atoms with Crippen molar-refractivity contribution >= 4 is 0 Å². The molecule has 0 saturated heterocycles. The molecule has 3 N–H and O–H groups in total. The van der Waals surface area contributed by atoms with Crippen molar-refractivity contribution in [1.29, 1.82) is 0 Å². The molecule has 0 bridgehead atoms. The highest BCUT2D eigenvalue weighted by atomic mass is 16.3. The summed E-state index contributed by atoms with van der Waals surface area (Å²) in [4.78, 5) is 0. The summed E-state index contributed by atoms with van der Waals surface area (Å²) in [6, 6.07) is 0. The number of aliphatic hydroxyl groups is 3. The van der Waals surface area contributed by atoms with Crippen LogP contribution < -0.4 is 0 Å². The quantitative estimate of drug-likeness (QED) is 0.331. The van der Waals surface area contributed by atoms with E-state index in [1.165, 1.54) is 38.5 Å². The minimum atomic E-state index is -0.962. The van der Waals surface area contributed by atoms with Gasteiger partial charge in [-0.05, 0) is 99.5 Å². The fourth-order valence-electron chi connectivity index (χ4n) is 7.63. The van der Waals surface area contributed by atoms with Crippen molar-refractivity contribution in [2.24, 2.45) is 23.2 Å². The number of unbranched alkanes of at least 4 members (excludes halogenated alkanes) is 1. The van der Waals surface area contributed by atoms with Gasteiger partial charge in [0.15, 0.2) is 0 Å². The first-order valence-electron chi connectivity index (χ1n) is 14.1. The van der Waals surface area contributed by atoms with Crippen molar-refractivity contribution < 1.29 is 15.3 Å². The van der Waals surface area contributed by atoms with Crippen LogP contribution in [-0.2, 0) is 0 Å². The summed E-state index contributed by atoms with van der Waals surface area (Å²) in [6.07, 6.45) is 17.2. The zero-order valence-corrected chi connectivity index (χ0v) is 22.7. The Morgan fingerprint density at radius 1 is 1.21 bits per heavy atom. The number of hydrogen-bond donors (Lipinski definition) is 3. The van der Waals surface area contributed by atoms with Crippen LogP contribution in [0.15, 0.2) is 35.5 Å². The molecule has 3 aliphatic rings. The monoisotopic (exact) mass is 472 g/mol. The molecule has 194 valence electrons. The summed E-state index contributed by atoms with van der Waals surface area (Å²) in [5.74, 6) is 2.08. The molecule has 3 rings (SSSR count). The molecule has 3 nitrogen and oxygen atoms in total. The molecule has 34 heavy (non-hydrogen) atoms. The molecule has 6 atom stereocenters. The Morgan fingerprint density at radius 2 is 1.94 bits per heavy atom. The molecule has 0 unspecified atom stereocenters. The van der Waals surface area contributed by atoms with Gasteiger partial charge < -0.3 is 15.3 Å². The van der Waals surface area contributed by atoms with Gasteiger partial charge in [0.1, 0.15) is 0 Å². The van der Waals surface area contributed by atoms with Gasteiger partial charge in [-0.1, -0.05) is 70.8 Å². The van der Waals surface area contributed by atoms with Gasteiger partial charge >= 0.3 is 0 Å². The average Bonchev–Trinajstić information content (AvgIpc) is 3.10. The maximum atomic E-state index is 11.2. The minimum absolute atomic E-state index is 0.363. The van der Waals surface area contributed by atoms with E-state index < -0.39 is 17.3 Å². The van der Waals surface area contributed by atoms with E-state index in [1.807, 2.05) is 13.8 Å². The maximum absolute atomic E-state index is 11.2. The molecule has 3 fully saturated rings. The molecule has 0 amide bonds. The van der Waals surface area contributed by atoms with Gasteiger partial charge in [0.25, 0.3) is 0 Å². The molecule has 3 saturated carbocycles. The Balaban J connectivity index is 1.73. The van der Waals surface area contributed by atoms with Crippen LogP contribution >= 0.6 is 0 Å². The Bertz CT molecular complexity index is 772. The third kappa shape index (κ3) is 6.26. The van der Waals surface area contributed by atoms with Crippen molar-refractivity contribution in [3.8, 4) is 0 Å². The van der Waals surface area contributed by atoms with Gasteiger partial charge in [0.2, 0.25) is 0 Å². The molecule has 0 radical (unpaired) electrons. The van der Waals surface area contributed by atoms with Gasteiger partial charge in [-0.15, -0.1) is 0 Å². The number of allylic oxidation sites excluding steroid dienone is 3. The number of hydrogen-bond acceptors (Lipinski definition) is 3. The zero-order chi connectivity index (χ0) is 25.1. The van der Waals surface area contributed by atoms with E-state index in [-0.39, 0.29) is 0 Å². The molecular weight excluding hydrogens is 420 g/mol. The molecule has 0 spiro atoms. The van der Waals surface area contributed by atoms with Gasteiger partial charge in [-0.2, -0.15) is 0 Å². The third-order valence-electron chi connectivity index (χ3n) is 9.59. The summed E-state index contributed by atoms with van der Waals surface area (Å²) in [5.41, 5.74) is 2.27. The average molecular weight is 473 g/mol. The molecular formula is C31H52O3. The van der Waals surface area contributed by atoms with E-state index >= 15 is 0 Å². The standard InChI is InChI=1S/C31H52O3/c1-7-8-19-31(34)21-26(32)20-25(23(31)3)14-13-24-12-10-18-30(6)27(15-16-28(24)30)22(2)11-9-17-29(4,5)33/h13-14,22,26-28,32-34H,3,7-12,15-21H2,1-2,4-6H3/b24-13+,25-14-/t22-,26-,27-,28+,30-,31-/m1/s1.